The molecule has 1 aliphatic rings. The minimum Gasteiger partial charge on any atom is -0.388 e. The maximum atomic E-state index is 12.5. The van der Waals surface area contributed by atoms with Crippen LogP contribution < -0.4 is 11.1 Å². The number of hydrogen-bond acceptors (Lipinski definition) is 4. The molecule has 0 aromatic heterocycles. The van der Waals surface area contributed by atoms with Gasteiger partial charge in [0.1, 0.15) is 0 Å². The summed E-state index contributed by atoms with van der Waals surface area (Å²) >= 11 is 0. The molecule has 0 radical (unpaired) electrons. The van der Waals surface area contributed by atoms with Crippen molar-refractivity contribution in [2.45, 2.75) is 45.8 Å². The van der Waals surface area contributed by atoms with E-state index in [4.69, 9.17) is 5.73 Å². The summed E-state index contributed by atoms with van der Waals surface area (Å²) < 4.78 is 0. The topological polar surface area (TPSA) is 75.4 Å². The normalized spacial score (nSPS) is 18.8. The first-order chi connectivity index (χ1) is 10.3. The van der Waals surface area contributed by atoms with Gasteiger partial charge in [0, 0.05) is 31.6 Å². The Labute approximate surface area is 131 Å². The van der Waals surface area contributed by atoms with E-state index in [2.05, 4.69) is 5.32 Å². The highest BCUT2D eigenvalue weighted by Gasteiger charge is 2.36. The van der Waals surface area contributed by atoms with Gasteiger partial charge in [-0.1, -0.05) is 19.9 Å². The lowest BCUT2D eigenvalue weighted by molar-refractivity contribution is -0.142. The molecule has 1 aromatic carbocycles. The van der Waals surface area contributed by atoms with Crippen LogP contribution >= 0.6 is 0 Å². The van der Waals surface area contributed by atoms with Crippen molar-refractivity contribution in [3.05, 3.63) is 29.3 Å². The van der Waals surface area contributed by atoms with Gasteiger partial charge in [0.2, 0.25) is 5.91 Å². The summed E-state index contributed by atoms with van der Waals surface area (Å²) in [5.41, 5.74) is 8.98. The average molecular weight is 303 g/mol. The summed E-state index contributed by atoms with van der Waals surface area (Å²) in [7, 11) is 1.86. The van der Waals surface area contributed by atoms with Crippen LogP contribution in [-0.4, -0.2) is 35.7 Å². The van der Waals surface area contributed by atoms with Crippen LogP contribution in [0.25, 0.3) is 0 Å². The van der Waals surface area contributed by atoms with Gasteiger partial charge in [0.05, 0.1) is 12.1 Å². The van der Waals surface area contributed by atoms with Gasteiger partial charge >= 0.3 is 0 Å². The summed E-state index contributed by atoms with van der Waals surface area (Å²) in [5.74, 6) is -0.177. The van der Waals surface area contributed by atoms with E-state index in [-0.39, 0.29) is 17.6 Å². The largest absolute Gasteiger partial charge is 0.388 e. The number of ketones is 1. The molecule has 1 aromatic rings. The quantitative estimate of drug-likeness (QED) is 0.885. The van der Waals surface area contributed by atoms with Crippen molar-refractivity contribution < 1.29 is 9.59 Å². The molecule has 1 heterocycles. The molecule has 0 aliphatic carbocycles. The number of rotatable bonds is 4. The molecule has 0 spiro atoms. The molecule has 0 bridgehead atoms. The Morgan fingerprint density at radius 1 is 1.27 bits per heavy atom. The van der Waals surface area contributed by atoms with Crippen molar-refractivity contribution in [3.63, 3.8) is 0 Å². The van der Waals surface area contributed by atoms with Crippen molar-refractivity contribution in [2.24, 2.45) is 11.7 Å². The standard InChI is InChI=1S/C17H25N3O2/c1-10(2)16(21)15-8-12-5-6-14(19-4)7-13(12)9-20(15)17(22)11(3)18/h5-7,10-11,15,19H,8-9,18H2,1-4H3/t11-,15-/m0/s1. The fraction of sp³-hybridized carbons (Fsp3) is 0.529. The first-order valence-electron chi connectivity index (χ1n) is 7.74. The average Bonchev–Trinajstić information content (AvgIpc) is 2.51. The molecule has 3 N–H and O–H groups in total. The lowest BCUT2D eigenvalue weighted by atomic mass is 9.87. The highest BCUT2D eigenvalue weighted by molar-refractivity contribution is 5.92. The van der Waals surface area contributed by atoms with Gasteiger partial charge in [0.25, 0.3) is 0 Å². The molecule has 5 nitrogen and oxygen atoms in total. The van der Waals surface area contributed by atoms with Crippen LogP contribution in [0, 0.1) is 5.92 Å². The minimum atomic E-state index is -0.600. The molecule has 2 rings (SSSR count). The van der Waals surface area contributed by atoms with E-state index in [1.165, 1.54) is 0 Å². The van der Waals surface area contributed by atoms with Gasteiger partial charge in [-0.25, -0.2) is 0 Å². The Kier molecular flexibility index (Phi) is 4.86. The van der Waals surface area contributed by atoms with Crippen LogP contribution in [0.1, 0.15) is 31.9 Å². The number of Topliss-reactive ketones (excluding diaryl/α,β-unsaturated/α-hetero) is 1. The highest BCUT2D eigenvalue weighted by Crippen LogP contribution is 2.28. The lowest BCUT2D eigenvalue weighted by Gasteiger charge is -2.38. The second kappa shape index (κ2) is 6.48. The molecule has 0 fully saturated rings. The van der Waals surface area contributed by atoms with Crippen LogP contribution in [0.2, 0.25) is 0 Å². The molecular formula is C17H25N3O2. The van der Waals surface area contributed by atoms with Crippen LogP contribution in [0.15, 0.2) is 18.2 Å². The van der Waals surface area contributed by atoms with Crippen molar-refractivity contribution in [1.29, 1.82) is 0 Å². The van der Waals surface area contributed by atoms with Crippen LogP contribution in [-0.2, 0) is 22.6 Å². The Morgan fingerprint density at radius 2 is 1.95 bits per heavy atom. The fourth-order valence-electron chi connectivity index (χ4n) is 2.87. The number of fused-ring (bicyclic) bond motifs is 1. The van der Waals surface area contributed by atoms with Crippen LogP contribution in [0.4, 0.5) is 5.69 Å². The maximum absolute atomic E-state index is 12.5. The van der Waals surface area contributed by atoms with Crippen molar-refractivity contribution in [3.8, 4) is 0 Å². The number of carbonyl (C=O) groups is 2. The second-order valence-corrected chi connectivity index (χ2v) is 6.27. The first kappa shape index (κ1) is 16.5. The number of carbonyl (C=O) groups excluding carboxylic acids is 2. The van der Waals surface area contributed by atoms with Crippen molar-refractivity contribution in [2.75, 3.05) is 12.4 Å². The molecule has 2 atom stereocenters. The second-order valence-electron chi connectivity index (χ2n) is 6.27. The number of nitrogens with one attached hydrogen (secondary N) is 1. The van der Waals surface area contributed by atoms with Gasteiger partial charge in [-0.3, -0.25) is 9.59 Å². The third-order valence-electron chi connectivity index (χ3n) is 4.20. The van der Waals surface area contributed by atoms with Crippen LogP contribution in [0.5, 0.6) is 0 Å². The summed E-state index contributed by atoms with van der Waals surface area (Å²) in [6.45, 7) is 5.85. The van der Waals surface area contributed by atoms with E-state index in [9.17, 15) is 9.59 Å². The number of benzene rings is 1. The SMILES string of the molecule is CNc1ccc2c(c1)CN(C(=O)[C@H](C)N)[C@H](C(=O)C(C)C)C2. The number of hydrogen-bond donors (Lipinski definition) is 2. The van der Waals surface area contributed by atoms with E-state index in [1.807, 2.05) is 39.1 Å². The van der Waals surface area contributed by atoms with Gasteiger partial charge in [-0.15, -0.1) is 0 Å². The zero-order valence-electron chi connectivity index (χ0n) is 13.7. The molecule has 1 amide bonds. The van der Waals surface area contributed by atoms with E-state index >= 15 is 0 Å². The molecule has 0 saturated carbocycles. The third-order valence-corrected chi connectivity index (χ3v) is 4.20. The molecule has 0 unspecified atom stereocenters. The monoisotopic (exact) mass is 303 g/mol. The Bertz CT molecular complexity index is 581. The number of anilines is 1. The van der Waals surface area contributed by atoms with Gasteiger partial charge < -0.3 is 16.0 Å². The Balaban J connectivity index is 2.39. The molecule has 120 valence electrons. The Morgan fingerprint density at radius 3 is 2.50 bits per heavy atom. The summed E-state index contributed by atoms with van der Waals surface area (Å²) in [5, 5.41) is 3.10. The molecular weight excluding hydrogens is 278 g/mol. The maximum Gasteiger partial charge on any atom is 0.240 e. The summed E-state index contributed by atoms with van der Waals surface area (Å²) in [6, 6.07) is 5.06. The molecule has 0 saturated heterocycles. The van der Waals surface area contributed by atoms with Crippen molar-refractivity contribution >= 4 is 17.4 Å². The van der Waals surface area contributed by atoms with Crippen LogP contribution in [0.3, 0.4) is 0 Å². The summed E-state index contributed by atoms with van der Waals surface area (Å²) in [6.07, 6.45) is 0.564. The third kappa shape index (κ3) is 3.14. The number of nitrogens with two attached hydrogens (primary N) is 1. The smallest absolute Gasteiger partial charge is 0.240 e. The van der Waals surface area contributed by atoms with Gasteiger partial charge in [-0.05, 0) is 30.2 Å². The van der Waals surface area contributed by atoms with E-state index < -0.39 is 12.1 Å². The van der Waals surface area contributed by atoms with Gasteiger partial charge in [-0.2, -0.15) is 0 Å². The highest BCUT2D eigenvalue weighted by atomic mass is 16.2. The van der Waals surface area contributed by atoms with Gasteiger partial charge in [0.15, 0.2) is 5.78 Å². The lowest BCUT2D eigenvalue weighted by Crippen LogP contribution is -2.53. The fourth-order valence-corrected chi connectivity index (χ4v) is 2.87. The molecule has 1 aliphatic heterocycles. The minimum absolute atomic E-state index is 0.0948. The van der Waals surface area contributed by atoms with E-state index in [0.717, 1.165) is 16.8 Å². The Hall–Kier alpha value is -1.88. The zero-order valence-corrected chi connectivity index (χ0v) is 13.7. The van der Waals surface area contributed by atoms with E-state index in [0.29, 0.717) is 13.0 Å². The number of amides is 1. The molecule has 5 heteroatoms. The first-order valence-corrected chi connectivity index (χ1v) is 7.74. The molecule has 22 heavy (non-hydrogen) atoms. The summed E-state index contributed by atoms with van der Waals surface area (Å²) in [4.78, 5) is 26.6. The predicted molar refractivity (Wildman–Crippen MR) is 87.5 cm³/mol. The number of nitrogens with zero attached hydrogens (tertiary/aromatic N) is 1. The van der Waals surface area contributed by atoms with E-state index in [1.54, 1.807) is 11.8 Å². The van der Waals surface area contributed by atoms with Crippen molar-refractivity contribution in [1.82, 2.24) is 4.90 Å². The predicted octanol–water partition coefficient (Wildman–Crippen LogP) is 1.55. The zero-order chi connectivity index (χ0) is 16.4.